The third kappa shape index (κ3) is 3.12. The molecule has 2 aromatic heterocycles. The van der Waals surface area contributed by atoms with Crippen LogP contribution in [0.4, 0.5) is 0 Å². The maximum absolute atomic E-state index is 13.3. The van der Waals surface area contributed by atoms with Gasteiger partial charge in [-0.2, -0.15) is 0 Å². The molecule has 2 atom stereocenters. The topological polar surface area (TPSA) is 83.0 Å². The fourth-order valence-corrected chi connectivity index (χ4v) is 6.59. The Morgan fingerprint density at radius 2 is 2.00 bits per heavy atom. The molecule has 0 aromatic carbocycles. The number of aromatic nitrogens is 3. The number of likely N-dealkylation sites (tertiary alicyclic amines) is 1. The highest BCUT2D eigenvalue weighted by molar-refractivity contribution is 5.33. The van der Waals surface area contributed by atoms with Crippen molar-refractivity contribution in [3.8, 4) is 0 Å². The second-order valence-electron chi connectivity index (χ2n) is 10.2. The highest BCUT2D eigenvalue weighted by Crippen LogP contribution is 2.44. The summed E-state index contributed by atoms with van der Waals surface area (Å²) < 4.78 is 2.06. The van der Waals surface area contributed by atoms with Gasteiger partial charge in [-0.15, -0.1) is 0 Å². The first-order valence-corrected chi connectivity index (χ1v) is 11.8. The maximum Gasteiger partial charge on any atom is 0.255 e. The molecule has 31 heavy (non-hydrogen) atoms. The Labute approximate surface area is 181 Å². The number of rotatable bonds is 2. The van der Waals surface area contributed by atoms with Crippen LogP contribution in [-0.2, 0) is 24.9 Å². The van der Waals surface area contributed by atoms with Gasteiger partial charge in [-0.05, 0) is 70.6 Å². The van der Waals surface area contributed by atoms with Crippen LogP contribution in [0.2, 0.25) is 0 Å². The van der Waals surface area contributed by atoms with Crippen molar-refractivity contribution in [2.75, 3.05) is 26.2 Å². The van der Waals surface area contributed by atoms with Crippen molar-refractivity contribution in [3.63, 3.8) is 0 Å². The number of hydrogen-bond donors (Lipinski definition) is 2. The second-order valence-corrected chi connectivity index (χ2v) is 10.2. The lowest BCUT2D eigenvalue weighted by Crippen LogP contribution is -2.46. The average Bonchev–Trinajstić information content (AvgIpc) is 3.11. The first kappa shape index (κ1) is 19.4. The molecule has 6 rings (SSSR count). The quantitative estimate of drug-likeness (QED) is 0.767. The molecule has 2 bridgehead atoms. The van der Waals surface area contributed by atoms with Crippen molar-refractivity contribution in [1.82, 2.24) is 24.8 Å². The van der Waals surface area contributed by atoms with Crippen molar-refractivity contribution < 1.29 is 0 Å². The molecule has 7 heteroatoms. The minimum Gasteiger partial charge on any atom is -0.316 e. The first-order chi connectivity index (χ1) is 15.0. The van der Waals surface area contributed by atoms with E-state index in [9.17, 15) is 9.59 Å². The first-order valence-electron chi connectivity index (χ1n) is 11.8. The van der Waals surface area contributed by atoms with Gasteiger partial charge in [-0.25, -0.2) is 4.98 Å². The summed E-state index contributed by atoms with van der Waals surface area (Å²) in [5, 5.41) is 3.51. The van der Waals surface area contributed by atoms with Gasteiger partial charge in [0.15, 0.2) is 0 Å². The molecule has 3 aliphatic heterocycles. The number of H-pyrrole nitrogens is 1. The molecule has 0 amide bonds. The smallest absolute Gasteiger partial charge is 0.255 e. The largest absolute Gasteiger partial charge is 0.316 e. The zero-order chi connectivity index (χ0) is 21.2. The predicted octanol–water partition coefficient (Wildman–Crippen LogP) is 1.43. The van der Waals surface area contributed by atoms with Crippen molar-refractivity contribution in [1.29, 1.82) is 0 Å². The number of hydrogen-bond acceptors (Lipinski definition) is 5. The maximum atomic E-state index is 13.3. The van der Waals surface area contributed by atoms with Crippen LogP contribution in [0.5, 0.6) is 0 Å². The molecule has 164 valence electrons. The summed E-state index contributed by atoms with van der Waals surface area (Å²) in [4.78, 5) is 35.7. The predicted molar refractivity (Wildman–Crippen MR) is 119 cm³/mol. The number of piperidine rings is 2. The SMILES string of the molecule is Cc1nc2c(c(=O)[nH]1)CCC21CCN(Cc2ccc3n(c2=O)C[C@@H]2CNC[C@H]3C2)CC1. The van der Waals surface area contributed by atoms with Gasteiger partial charge in [-0.1, -0.05) is 6.07 Å². The van der Waals surface area contributed by atoms with Gasteiger partial charge in [0, 0.05) is 47.8 Å². The lowest BCUT2D eigenvalue weighted by molar-refractivity contribution is 0.149. The Kier molecular flexibility index (Phi) is 4.47. The molecule has 2 saturated heterocycles. The molecule has 4 aliphatic rings. The van der Waals surface area contributed by atoms with E-state index < -0.39 is 0 Å². The van der Waals surface area contributed by atoms with Crippen LogP contribution in [0.15, 0.2) is 21.7 Å². The monoisotopic (exact) mass is 421 g/mol. The van der Waals surface area contributed by atoms with Gasteiger partial charge in [-0.3, -0.25) is 14.5 Å². The van der Waals surface area contributed by atoms with Gasteiger partial charge in [0.1, 0.15) is 5.82 Å². The van der Waals surface area contributed by atoms with E-state index in [1.54, 1.807) is 0 Å². The van der Waals surface area contributed by atoms with E-state index >= 15 is 0 Å². The van der Waals surface area contributed by atoms with Crippen LogP contribution >= 0.6 is 0 Å². The molecule has 5 heterocycles. The molecule has 2 N–H and O–H groups in total. The van der Waals surface area contributed by atoms with Gasteiger partial charge in [0.05, 0.1) is 5.69 Å². The lowest BCUT2D eigenvalue weighted by atomic mass is 9.76. The summed E-state index contributed by atoms with van der Waals surface area (Å²) in [6.07, 6.45) is 5.09. The number of nitrogens with one attached hydrogen (secondary N) is 2. The minimum atomic E-state index is 0.0419. The van der Waals surface area contributed by atoms with Crippen molar-refractivity contribution in [2.45, 2.75) is 63.5 Å². The Hall–Kier alpha value is -2.25. The number of aryl methyl sites for hydroxylation is 1. The number of nitrogens with zero attached hydrogens (tertiary/aromatic N) is 3. The van der Waals surface area contributed by atoms with E-state index in [1.807, 2.05) is 6.92 Å². The van der Waals surface area contributed by atoms with Crippen LogP contribution in [0.1, 0.15) is 59.9 Å². The van der Waals surface area contributed by atoms with Gasteiger partial charge in [0.2, 0.25) is 0 Å². The van der Waals surface area contributed by atoms with E-state index in [2.05, 4.69) is 31.9 Å². The number of aromatic amines is 1. The molecular formula is C24H31N5O2. The fraction of sp³-hybridized carbons (Fsp3) is 0.625. The highest BCUT2D eigenvalue weighted by Gasteiger charge is 2.44. The van der Waals surface area contributed by atoms with Crippen molar-refractivity contribution >= 4 is 0 Å². The molecule has 0 saturated carbocycles. The van der Waals surface area contributed by atoms with Gasteiger partial charge < -0.3 is 14.9 Å². The highest BCUT2D eigenvalue weighted by atomic mass is 16.1. The Morgan fingerprint density at radius 1 is 1.16 bits per heavy atom. The van der Waals surface area contributed by atoms with Crippen LogP contribution in [0, 0.1) is 12.8 Å². The minimum absolute atomic E-state index is 0.0419. The summed E-state index contributed by atoms with van der Waals surface area (Å²) >= 11 is 0. The van der Waals surface area contributed by atoms with Crippen molar-refractivity contribution in [3.05, 3.63) is 61.2 Å². The fourth-order valence-electron chi connectivity index (χ4n) is 6.59. The van der Waals surface area contributed by atoms with Crippen molar-refractivity contribution in [2.24, 2.45) is 5.92 Å². The van der Waals surface area contributed by atoms with Crippen LogP contribution < -0.4 is 16.4 Å². The molecular weight excluding hydrogens is 390 g/mol. The molecule has 2 aromatic rings. The average molecular weight is 422 g/mol. The Morgan fingerprint density at radius 3 is 2.84 bits per heavy atom. The standard InChI is InChI=1S/C24H31N5O2/c1-15-26-21-19(22(30)27-15)4-5-24(21)6-8-28(9-7-24)14-17-2-3-20-18-10-16(11-25-12-18)13-29(20)23(17)31/h2-3,16,18,25H,4-14H2,1H3,(H,26,27,30)/t16-,18+/m0/s1. The zero-order valence-corrected chi connectivity index (χ0v) is 18.2. The number of fused-ring (bicyclic) bond motifs is 6. The molecule has 2 fully saturated rings. The van der Waals surface area contributed by atoms with Crippen LogP contribution in [-0.4, -0.2) is 45.6 Å². The van der Waals surface area contributed by atoms with Crippen LogP contribution in [0.3, 0.4) is 0 Å². The van der Waals surface area contributed by atoms with E-state index in [0.717, 1.165) is 87.6 Å². The lowest BCUT2D eigenvalue weighted by Gasteiger charge is -2.40. The third-order valence-corrected chi connectivity index (χ3v) is 8.28. The summed E-state index contributed by atoms with van der Waals surface area (Å²) in [5.41, 5.74) is 4.37. The Balaban J connectivity index is 1.20. The molecule has 1 aliphatic carbocycles. The second kappa shape index (κ2) is 7.14. The van der Waals surface area contributed by atoms with Gasteiger partial charge in [0.25, 0.3) is 11.1 Å². The number of pyridine rings is 1. The van der Waals surface area contributed by atoms with E-state index in [0.29, 0.717) is 11.8 Å². The summed E-state index contributed by atoms with van der Waals surface area (Å²) in [6.45, 7) is 7.35. The molecule has 0 unspecified atom stereocenters. The molecule has 7 nitrogen and oxygen atoms in total. The summed E-state index contributed by atoms with van der Waals surface area (Å²) in [5.74, 6) is 1.77. The normalized spacial score (nSPS) is 26.6. The summed E-state index contributed by atoms with van der Waals surface area (Å²) in [6, 6.07) is 4.27. The van der Waals surface area contributed by atoms with E-state index in [1.165, 1.54) is 12.1 Å². The zero-order valence-electron chi connectivity index (χ0n) is 18.2. The molecule has 1 spiro atoms. The molecule has 0 radical (unpaired) electrons. The van der Waals surface area contributed by atoms with E-state index in [4.69, 9.17) is 4.98 Å². The van der Waals surface area contributed by atoms with Crippen LogP contribution in [0.25, 0.3) is 0 Å². The third-order valence-electron chi connectivity index (χ3n) is 8.28. The van der Waals surface area contributed by atoms with Gasteiger partial charge >= 0.3 is 0 Å². The van der Waals surface area contributed by atoms with E-state index in [-0.39, 0.29) is 16.5 Å². The summed E-state index contributed by atoms with van der Waals surface area (Å²) in [7, 11) is 0. The Bertz CT molecular complexity index is 1140.